The zero-order valence-corrected chi connectivity index (χ0v) is 11.2. The van der Waals surface area contributed by atoms with Gasteiger partial charge in [0.1, 0.15) is 0 Å². The van der Waals surface area contributed by atoms with E-state index in [2.05, 4.69) is 14.9 Å². The number of hydrogen-bond acceptors (Lipinski definition) is 3. The van der Waals surface area contributed by atoms with Gasteiger partial charge < -0.3 is 4.72 Å². The summed E-state index contributed by atoms with van der Waals surface area (Å²) in [6.07, 6.45) is -4.68. The molecule has 1 heterocycles. The number of aromatic amines is 1. The maximum Gasteiger partial charge on any atom is 0.389 e. The van der Waals surface area contributed by atoms with Crippen LogP contribution in [0.5, 0.6) is 0 Å². The normalized spacial score (nSPS) is 12.0. The van der Waals surface area contributed by atoms with Gasteiger partial charge in [-0.3, -0.25) is 5.10 Å². The Labute approximate surface area is 113 Å². The molecule has 0 atom stereocenters. The SMILES string of the molecule is Cc1[nH]nc2ccc(NSCCCC(F)(F)F)cc12. The number of aromatic nitrogens is 2. The van der Waals surface area contributed by atoms with Crippen molar-refractivity contribution >= 4 is 28.5 Å². The lowest BCUT2D eigenvalue weighted by Gasteiger charge is -2.07. The molecule has 0 amide bonds. The summed E-state index contributed by atoms with van der Waals surface area (Å²) in [4.78, 5) is 0. The number of nitrogens with zero attached hydrogens (tertiary/aromatic N) is 1. The Morgan fingerprint density at radius 3 is 2.89 bits per heavy atom. The molecule has 0 saturated heterocycles. The molecule has 0 bridgehead atoms. The van der Waals surface area contributed by atoms with Gasteiger partial charge in [0, 0.05) is 28.9 Å². The topological polar surface area (TPSA) is 40.7 Å². The van der Waals surface area contributed by atoms with E-state index in [1.54, 1.807) is 0 Å². The van der Waals surface area contributed by atoms with Gasteiger partial charge in [-0.25, -0.2) is 0 Å². The van der Waals surface area contributed by atoms with Gasteiger partial charge in [-0.05, 0) is 31.5 Å². The number of fused-ring (bicyclic) bond motifs is 1. The van der Waals surface area contributed by atoms with Gasteiger partial charge in [0.2, 0.25) is 0 Å². The lowest BCUT2D eigenvalue weighted by Crippen LogP contribution is -2.07. The number of anilines is 1. The average Bonchev–Trinajstić information content (AvgIpc) is 2.69. The molecule has 104 valence electrons. The maximum absolute atomic E-state index is 11.9. The molecule has 1 aromatic carbocycles. The molecule has 2 rings (SSSR count). The second-order valence-electron chi connectivity index (χ2n) is 4.25. The van der Waals surface area contributed by atoms with E-state index >= 15 is 0 Å². The van der Waals surface area contributed by atoms with Crippen LogP contribution in [0, 0.1) is 6.92 Å². The molecule has 0 aliphatic carbocycles. The largest absolute Gasteiger partial charge is 0.389 e. The van der Waals surface area contributed by atoms with Gasteiger partial charge in [0.25, 0.3) is 0 Å². The van der Waals surface area contributed by atoms with Gasteiger partial charge in [-0.2, -0.15) is 18.3 Å². The number of H-pyrrole nitrogens is 1. The minimum absolute atomic E-state index is 0.119. The maximum atomic E-state index is 11.9. The smallest absolute Gasteiger partial charge is 0.330 e. The molecule has 0 saturated carbocycles. The first-order valence-corrected chi connectivity index (χ1v) is 6.83. The van der Waals surface area contributed by atoms with Crippen molar-refractivity contribution in [3.8, 4) is 0 Å². The predicted molar refractivity (Wildman–Crippen MR) is 72.2 cm³/mol. The van der Waals surface area contributed by atoms with Crippen LogP contribution in [0.2, 0.25) is 0 Å². The molecule has 0 fully saturated rings. The Kier molecular flexibility index (Phi) is 4.24. The summed E-state index contributed by atoms with van der Waals surface area (Å²) < 4.78 is 38.9. The van der Waals surface area contributed by atoms with E-state index in [1.165, 1.54) is 11.9 Å². The highest BCUT2D eigenvalue weighted by atomic mass is 32.2. The number of benzene rings is 1. The fourth-order valence-corrected chi connectivity index (χ4v) is 2.37. The Balaban J connectivity index is 1.83. The molecule has 2 N–H and O–H groups in total. The molecular formula is C12H14F3N3S. The zero-order chi connectivity index (χ0) is 13.9. The van der Waals surface area contributed by atoms with Crippen molar-refractivity contribution in [1.82, 2.24) is 10.2 Å². The summed E-state index contributed by atoms with van der Waals surface area (Å²) in [5.74, 6) is 0.419. The molecule has 2 aromatic rings. The number of rotatable bonds is 5. The first kappa shape index (κ1) is 14.0. The van der Waals surface area contributed by atoms with Crippen molar-refractivity contribution in [3.05, 3.63) is 23.9 Å². The molecule has 0 radical (unpaired) electrons. The quantitative estimate of drug-likeness (QED) is 0.638. The first-order chi connectivity index (χ1) is 8.96. The van der Waals surface area contributed by atoms with Crippen LogP contribution in [-0.2, 0) is 0 Å². The molecule has 0 aliphatic rings. The van der Waals surface area contributed by atoms with Crippen LogP contribution in [0.15, 0.2) is 18.2 Å². The van der Waals surface area contributed by atoms with Crippen LogP contribution in [0.1, 0.15) is 18.5 Å². The minimum atomic E-state index is -4.06. The van der Waals surface area contributed by atoms with Crippen molar-refractivity contribution in [2.45, 2.75) is 25.9 Å². The predicted octanol–water partition coefficient (Wildman–Crippen LogP) is 4.27. The molecule has 3 nitrogen and oxygen atoms in total. The molecule has 19 heavy (non-hydrogen) atoms. The van der Waals surface area contributed by atoms with Crippen LogP contribution in [0.4, 0.5) is 18.9 Å². The monoisotopic (exact) mass is 289 g/mol. The summed E-state index contributed by atoms with van der Waals surface area (Å²) in [6, 6.07) is 5.67. The Morgan fingerprint density at radius 2 is 2.16 bits per heavy atom. The molecule has 7 heteroatoms. The van der Waals surface area contributed by atoms with Gasteiger partial charge >= 0.3 is 6.18 Å². The third kappa shape index (κ3) is 4.05. The van der Waals surface area contributed by atoms with Crippen LogP contribution in [0.3, 0.4) is 0 Å². The minimum Gasteiger partial charge on any atom is -0.330 e. The van der Waals surface area contributed by atoms with Crippen molar-refractivity contribution < 1.29 is 13.2 Å². The van der Waals surface area contributed by atoms with E-state index in [1.807, 2.05) is 25.1 Å². The standard InChI is InChI=1S/C12H14F3N3S/c1-8-10-7-9(3-4-11(10)17-16-8)18-19-6-2-5-12(13,14)15/h3-4,7,18H,2,5-6H2,1H3,(H,16,17). The highest BCUT2D eigenvalue weighted by molar-refractivity contribution is 8.00. The van der Waals surface area contributed by atoms with Crippen LogP contribution in [0.25, 0.3) is 10.9 Å². The molecule has 1 aromatic heterocycles. The van der Waals surface area contributed by atoms with Crippen LogP contribution >= 0.6 is 11.9 Å². The highest BCUT2D eigenvalue weighted by Gasteiger charge is 2.25. The Bertz CT molecular complexity index is 551. The number of alkyl halides is 3. The molecule has 0 aliphatic heterocycles. The fraction of sp³-hybridized carbons (Fsp3) is 0.417. The van der Waals surface area contributed by atoms with Crippen molar-refractivity contribution in [3.63, 3.8) is 0 Å². The number of halogens is 3. The summed E-state index contributed by atoms with van der Waals surface area (Å²) in [6.45, 7) is 1.93. The van der Waals surface area contributed by atoms with Crippen molar-refractivity contribution in [2.75, 3.05) is 10.5 Å². The summed E-state index contributed by atoms with van der Waals surface area (Å²) in [7, 11) is 0. The lowest BCUT2D eigenvalue weighted by molar-refractivity contribution is -0.134. The van der Waals surface area contributed by atoms with Gasteiger partial charge in [0.05, 0.1) is 5.52 Å². The van der Waals surface area contributed by atoms with E-state index in [-0.39, 0.29) is 6.42 Å². The number of aryl methyl sites for hydroxylation is 1. The van der Waals surface area contributed by atoms with Crippen molar-refractivity contribution in [1.29, 1.82) is 0 Å². The fourth-order valence-electron chi connectivity index (χ4n) is 1.68. The number of hydrogen-bond donors (Lipinski definition) is 2. The third-order valence-corrected chi connectivity index (χ3v) is 3.51. The third-order valence-electron chi connectivity index (χ3n) is 2.64. The van der Waals surface area contributed by atoms with Gasteiger partial charge in [0.15, 0.2) is 0 Å². The zero-order valence-electron chi connectivity index (χ0n) is 10.3. The van der Waals surface area contributed by atoms with E-state index in [9.17, 15) is 13.2 Å². The molecule has 0 unspecified atom stereocenters. The van der Waals surface area contributed by atoms with E-state index in [0.717, 1.165) is 22.3 Å². The lowest BCUT2D eigenvalue weighted by atomic mass is 10.2. The highest BCUT2D eigenvalue weighted by Crippen LogP contribution is 2.24. The van der Waals surface area contributed by atoms with Gasteiger partial charge in [-0.1, -0.05) is 11.9 Å². The van der Waals surface area contributed by atoms with Crippen molar-refractivity contribution in [2.24, 2.45) is 0 Å². The summed E-state index contributed by atoms with van der Waals surface area (Å²) >= 11 is 1.28. The number of nitrogens with one attached hydrogen (secondary N) is 2. The average molecular weight is 289 g/mol. The van der Waals surface area contributed by atoms with Gasteiger partial charge in [-0.15, -0.1) is 0 Å². The summed E-state index contributed by atoms with van der Waals surface area (Å²) in [5, 5.41) is 8.01. The summed E-state index contributed by atoms with van der Waals surface area (Å²) in [5.41, 5.74) is 2.72. The van der Waals surface area contributed by atoms with E-state index in [0.29, 0.717) is 5.75 Å². The van der Waals surface area contributed by atoms with E-state index in [4.69, 9.17) is 0 Å². The Hall–Kier alpha value is -1.37. The second-order valence-corrected chi connectivity index (χ2v) is 5.15. The molecular weight excluding hydrogens is 275 g/mol. The molecule has 0 spiro atoms. The van der Waals surface area contributed by atoms with Crippen LogP contribution < -0.4 is 4.72 Å². The van der Waals surface area contributed by atoms with Crippen LogP contribution in [-0.4, -0.2) is 22.1 Å². The van der Waals surface area contributed by atoms with E-state index < -0.39 is 12.6 Å². The first-order valence-electron chi connectivity index (χ1n) is 5.85. The second kappa shape index (κ2) is 5.73. The Morgan fingerprint density at radius 1 is 1.37 bits per heavy atom.